The van der Waals surface area contributed by atoms with Crippen LogP contribution in [0.3, 0.4) is 0 Å². The molecule has 1 heterocycles. The third kappa shape index (κ3) is 3.05. The maximum absolute atomic E-state index is 12.0. The molecule has 5 nitrogen and oxygen atoms in total. The molecular weight excluding hydrogens is 287 g/mol. The van der Waals surface area contributed by atoms with Crippen LogP contribution in [0.2, 0.25) is 10.0 Å². The molecule has 1 aromatic heterocycles. The quantitative estimate of drug-likeness (QED) is 0.946. The van der Waals surface area contributed by atoms with Gasteiger partial charge in [0.05, 0.1) is 17.1 Å². The maximum atomic E-state index is 12.0. The van der Waals surface area contributed by atoms with Crippen LogP contribution < -0.4 is 5.32 Å². The minimum atomic E-state index is -0.276. The number of carbonyl (C=O) groups excluding carboxylic acids is 1. The number of hydrogen-bond donors (Lipinski definition) is 1. The van der Waals surface area contributed by atoms with Crippen molar-refractivity contribution in [2.75, 3.05) is 0 Å². The third-order valence-corrected chi connectivity index (χ3v) is 3.31. The fourth-order valence-corrected chi connectivity index (χ4v) is 2.03. The van der Waals surface area contributed by atoms with Crippen molar-refractivity contribution >= 4 is 29.1 Å². The summed E-state index contributed by atoms with van der Waals surface area (Å²) in [5.74, 6) is 1.19. The molecular formula is C12H12Cl2N4O. The van der Waals surface area contributed by atoms with Crippen molar-refractivity contribution in [3.8, 4) is 0 Å². The number of nitrogens with one attached hydrogen (secondary N) is 1. The van der Waals surface area contributed by atoms with Gasteiger partial charge in [0.25, 0.3) is 5.91 Å². The van der Waals surface area contributed by atoms with Crippen molar-refractivity contribution in [2.24, 2.45) is 7.05 Å². The SMILES string of the molecule is Cc1nnc(CNC(=O)c2ccc(Cl)cc2Cl)n1C. The first-order valence-electron chi connectivity index (χ1n) is 5.57. The van der Waals surface area contributed by atoms with Gasteiger partial charge in [0, 0.05) is 12.1 Å². The standard InChI is InChI=1S/C12H12Cl2N4O/c1-7-16-17-11(18(7)2)6-15-12(19)9-4-3-8(13)5-10(9)14/h3-5H,6H2,1-2H3,(H,15,19). The van der Waals surface area contributed by atoms with E-state index in [1.54, 1.807) is 12.1 Å². The molecule has 0 aliphatic rings. The van der Waals surface area contributed by atoms with E-state index in [-0.39, 0.29) is 12.5 Å². The zero-order valence-electron chi connectivity index (χ0n) is 10.4. The van der Waals surface area contributed by atoms with Gasteiger partial charge in [0.2, 0.25) is 0 Å². The summed E-state index contributed by atoms with van der Waals surface area (Å²) in [5.41, 5.74) is 0.380. The van der Waals surface area contributed by atoms with Gasteiger partial charge in [0.1, 0.15) is 5.82 Å². The number of benzene rings is 1. The number of halogens is 2. The molecule has 0 atom stereocenters. The molecule has 0 aliphatic heterocycles. The number of amides is 1. The van der Waals surface area contributed by atoms with Crippen molar-refractivity contribution in [2.45, 2.75) is 13.5 Å². The molecule has 0 fully saturated rings. The van der Waals surface area contributed by atoms with Crippen LogP contribution in [0.25, 0.3) is 0 Å². The molecule has 7 heteroatoms. The van der Waals surface area contributed by atoms with Crippen LogP contribution >= 0.6 is 23.2 Å². The van der Waals surface area contributed by atoms with Gasteiger partial charge in [0.15, 0.2) is 5.82 Å². The number of rotatable bonds is 3. The Bertz CT molecular complexity index is 624. The lowest BCUT2D eigenvalue weighted by Crippen LogP contribution is -2.24. The van der Waals surface area contributed by atoms with E-state index in [1.165, 1.54) is 6.07 Å². The Hall–Kier alpha value is -1.59. The second-order valence-electron chi connectivity index (χ2n) is 4.03. The Morgan fingerprint density at radius 3 is 2.68 bits per heavy atom. The zero-order chi connectivity index (χ0) is 14.0. The molecule has 2 rings (SSSR count). The van der Waals surface area contributed by atoms with Crippen molar-refractivity contribution in [3.63, 3.8) is 0 Å². The van der Waals surface area contributed by atoms with Crippen LogP contribution in [0, 0.1) is 6.92 Å². The maximum Gasteiger partial charge on any atom is 0.253 e. The molecule has 0 aliphatic carbocycles. The average molecular weight is 299 g/mol. The molecule has 100 valence electrons. The van der Waals surface area contributed by atoms with Gasteiger partial charge in [-0.05, 0) is 25.1 Å². The topological polar surface area (TPSA) is 59.8 Å². The van der Waals surface area contributed by atoms with Crippen LogP contribution in [0.4, 0.5) is 0 Å². The molecule has 0 saturated carbocycles. The molecule has 1 amide bonds. The van der Waals surface area contributed by atoms with E-state index in [4.69, 9.17) is 23.2 Å². The minimum Gasteiger partial charge on any atom is -0.345 e. The molecule has 0 bridgehead atoms. The summed E-state index contributed by atoms with van der Waals surface area (Å²) in [6, 6.07) is 4.74. The highest BCUT2D eigenvalue weighted by molar-refractivity contribution is 6.36. The lowest BCUT2D eigenvalue weighted by Gasteiger charge is -2.07. The van der Waals surface area contributed by atoms with Crippen LogP contribution in [0.5, 0.6) is 0 Å². The number of aryl methyl sites for hydroxylation is 1. The molecule has 1 N–H and O–H groups in total. The van der Waals surface area contributed by atoms with Crippen molar-refractivity contribution in [1.82, 2.24) is 20.1 Å². The van der Waals surface area contributed by atoms with Gasteiger partial charge in [-0.25, -0.2) is 0 Å². The van der Waals surface area contributed by atoms with E-state index in [0.29, 0.717) is 21.4 Å². The molecule has 1 aromatic carbocycles. The van der Waals surface area contributed by atoms with E-state index in [9.17, 15) is 4.79 Å². The second kappa shape index (κ2) is 5.59. The van der Waals surface area contributed by atoms with E-state index >= 15 is 0 Å². The van der Waals surface area contributed by atoms with E-state index in [2.05, 4.69) is 15.5 Å². The summed E-state index contributed by atoms with van der Waals surface area (Å²) in [6.45, 7) is 2.13. The summed E-state index contributed by atoms with van der Waals surface area (Å²) in [5, 5.41) is 11.4. The van der Waals surface area contributed by atoms with Gasteiger partial charge in [-0.3, -0.25) is 4.79 Å². The van der Waals surface area contributed by atoms with Crippen LogP contribution in [0.15, 0.2) is 18.2 Å². The lowest BCUT2D eigenvalue weighted by atomic mass is 10.2. The highest BCUT2D eigenvalue weighted by Crippen LogP contribution is 2.20. The van der Waals surface area contributed by atoms with Crippen molar-refractivity contribution < 1.29 is 4.79 Å². The highest BCUT2D eigenvalue weighted by Gasteiger charge is 2.12. The number of aromatic nitrogens is 3. The van der Waals surface area contributed by atoms with E-state index in [1.807, 2.05) is 18.5 Å². The van der Waals surface area contributed by atoms with E-state index < -0.39 is 0 Å². The predicted octanol–water partition coefficient (Wildman–Crippen LogP) is 2.36. The monoisotopic (exact) mass is 298 g/mol. The second-order valence-corrected chi connectivity index (χ2v) is 4.87. The van der Waals surface area contributed by atoms with E-state index in [0.717, 1.165) is 5.82 Å². The lowest BCUT2D eigenvalue weighted by molar-refractivity contribution is 0.0949. The number of hydrogen-bond acceptors (Lipinski definition) is 3. The molecule has 19 heavy (non-hydrogen) atoms. The average Bonchev–Trinajstić information content (AvgIpc) is 2.67. The molecule has 0 saturated heterocycles. The Morgan fingerprint density at radius 2 is 2.11 bits per heavy atom. The fourth-order valence-electron chi connectivity index (χ4n) is 1.53. The van der Waals surface area contributed by atoms with Gasteiger partial charge < -0.3 is 9.88 Å². The first-order chi connectivity index (χ1) is 8.99. The predicted molar refractivity (Wildman–Crippen MR) is 73.4 cm³/mol. The van der Waals surface area contributed by atoms with Crippen molar-refractivity contribution in [3.05, 3.63) is 45.5 Å². The van der Waals surface area contributed by atoms with Crippen LogP contribution in [-0.4, -0.2) is 20.7 Å². The first-order valence-corrected chi connectivity index (χ1v) is 6.32. The zero-order valence-corrected chi connectivity index (χ0v) is 12.0. The third-order valence-electron chi connectivity index (χ3n) is 2.77. The van der Waals surface area contributed by atoms with Gasteiger partial charge in [-0.1, -0.05) is 23.2 Å². The number of carbonyl (C=O) groups is 1. The fraction of sp³-hybridized carbons (Fsp3) is 0.250. The highest BCUT2D eigenvalue weighted by atomic mass is 35.5. The summed E-state index contributed by atoms with van der Waals surface area (Å²) < 4.78 is 1.81. The Balaban J connectivity index is 2.07. The smallest absolute Gasteiger partial charge is 0.253 e. The minimum absolute atomic E-state index is 0.276. The summed E-state index contributed by atoms with van der Waals surface area (Å²) in [4.78, 5) is 12.0. The summed E-state index contributed by atoms with van der Waals surface area (Å²) >= 11 is 11.7. The molecule has 0 radical (unpaired) electrons. The summed E-state index contributed by atoms with van der Waals surface area (Å²) in [6.07, 6.45) is 0. The van der Waals surface area contributed by atoms with Crippen molar-refractivity contribution in [1.29, 1.82) is 0 Å². The van der Waals surface area contributed by atoms with Gasteiger partial charge in [-0.15, -0.1) is 10.2 Å². The normalized spacial score (nSPS) is 10.5. The van der Waals surface area contributed by atoms with Gasteiger partial charge >= 0.3 is 0 Å². The van der Waals surface area contributed by atoms with Gasteiger partial charge in [-0.2, -0.15) is 0 Å². The molecule has 2 aromatic rings. The molecule has 0 unspecified atom stereocenters. The number of nitrogens with zero attached hydrogens (tertiary/aromatic N) is 3. The molecule has 0 spiro atoms. The Morgan fingerprint density at radius 1 is 1.37 bits per heavy atom. The van der Waals surface area contributed by atoms with Crippen LogP contribution in [0.1, 0.15) is 22.0 Å². The Labute approximate surface area is 120 Å². The summed E-state index contributed by atoms with van der Waals surface area (Å²) in [7, 11) is 1.84. The Kier molecular flexibility index (Phi) is 4.07. The first kappa shape index (κ1) is 13.8. The van der Waals surface area contributed by atoms with Crippen LogP contribution in [-0.2, 0) is 13.6 Å². The largest absolute Gasteiger partial charge is 0.345 e.